The van der Waals surface area contributed by atoms with Gasteiger partial charge in [0.25, 0.3) is 0 Å². The molecule has 1 fully saturated rings. The molecule has 1 aromatic rings. The number of carboxylic acids is 1. The zero-order valence-corrected chi connectivity index (χ0v) is 11.6. The summed E-state index contributed by atoms with van der Waals surface area (Å²) in [6.45, 7) is 3.68. The highest BCUT2D eigenvalue weighted by Gasteiger charge is 2.25. The quantitative estimate of drug-likeness (QED) is 0.888. The minimum Gasteiger partial charge on any atom is -0.481 e. The molecule has 0 aromatic heterocycles. The van der Waals surface area contributed by atoms with E-state index in [4.69, 9.17) is 5.11 Å². The Balaban J connectivity index is 2.03. The van der Waals surface area contributed by atoms with Crippen molar-refractivity contribution in [3.8, 4) is 0 Å². The number of para-hydroxylation sites is 1. The van der Waals surface area contributed by atoms with Crippen LogP contribution in [-0.4, -0.2) is 35.1 Å². The fourth-order valence-corrected chi connectivity index (χ4v) is 2.50. The monoisotopic (exact) mass is 276 g/mol. The fourth-order valence-electron chi connectivity index (χ4n) is 2.50. The van der Waals surface area contributed by atoms with E-state index < -0.39 is 5.97 Å². The highest BCUT2D eigenvalue weighted by Crippen LogP contribution is 2.21. The summed E-state index contributed by atoms with van der Waals surface area (Å²) in [5.41, 5.74) is 1.21. The number of benzene rings is 1. The number of likely N-dealkylation sites (tertiary alicyclic amines) is 1. The minimum absolute atomic E-state index is 0.0892. The molecule has 1 unspecified atom stereocenters. The number of hydrogen-bond donors (Lipinski definition) is 2. The van der Waals surface area contributed by atoms with Crippen LogP contribution >= 0.6 is 0 Å². The Morgan fingerprint density at radius 1 is 1.40 bits per heavy atom. The maximum Gasteiger partial charge on any atom is 0.321 e. The maximum atomic E-state index is 12.2. The first-order chi connectivity index (χ1) is 9.60. The number of hydrogen-bond acceptors (Lipinski definition) is 2. The van der Waals surface area contributed by atoms with Gasteiger partial charge in [-0.05, 0) is 24.0 Å². The molecule has 108 valence electrons. The molecule has 2 rings (SSSR count). The predicted octanol–water partition coefficient (Wildman–Crippen LogP) is 2.58. The van der Waals surface area contributed by atoms with Gasteiger partial charge >= 0.3 is 12.0 Å². The lowest BCUT2D eigenvalue weighted by molar-refractivity contribution is -0.136. The molecule has 0 spiro atoms. The number of amides is 2. The Bertz CT molecular complexity index is 502. The van der Waals surface area contributed by atoms with E-state index in [1.165, 1.54) is 0 Å². The third kappa shape index (κ3) is 3.50. The number of nitrogens with one attached hydrogen (secondary N) is 1. The molecule has 0 saturated carbocycles. The standard InChI is InChI=1S/C15H20N2O3/c1-2-11-7-8-17(10-11)15(20)16-13-6-4-3-5-12(13)9-14(18)19/h3-6,11H,2,7-10H2,1H3,(H,16,20)(H,18,19). The number of anilines is 1. The van der Waals surface area contributed by atoms with Crippen LogP contribution in [0.2, 0.25) is 0 Å². The van der Waals surface area contributed by atoms with Gasteiger partial charge in [0.15, 0.2) is 0 Å². The Morgan fingerprint density at radius 3 is 2.80 bits per heavy atom. The van der Waals surface area contributed by atoms with Crippen LogP contribution in [0.4, 0.5) is 10.5 Å². The van der Waals surface area contributed by atoms with Crippen molar-refractivity contribution >= 4 is 17.7 Å². The van der Waals surface area contributed by atoms with Crippen LogP contribution < -0.4 is 5.32 Å². The van der Waals surface area contributed by atoms with Gasteiger partial charge in [-0.25, -0.2) is 4.79 Å². The molecular formula is C15H20N2O3. The lowest BCUT2D eigenvalue weighted by Crippen LogP contribution is -2.33. The molecule has 1 aliphatic heterocycles. The first-order valence-corrected chi connectivity index (χ1v) is 6.95. The first kappa shape index (κ1) is 14.4. The van der Waals surface area contributed by atoms with Crippen molar-refractivity contribution in [3.05, 3.63) is 29.8 Å². The van der Waals surface area contributed by atoms with Gasteiger partial charge in [0, 0.05) is 18.8 Å². The minimum atomic E-state index is -0.904. The third-order valence-corrected chi connectivity index (χ3v) is 3.75. The zero-order valence-electron chi connectivity index (χ0n) is 11.6. The number of aliphatic carboxylic acids is 1. The lowest BCUT2D eigenvalue weighted by Gasteiger charge is -2.18. The van der Waals surface area contributed by atoms with E-state index >= 15 is 0 Å². The lowest BCUT2D eigenvalue weighted by atomic mass is 10.1. The van der Waals surface area contributed by atoms with E-state index in [9.17, 15) is 9.59 Å². The summed E-state index contributed by atoms with van der Waals surface area (Å²) in [7, 11) is 0. The molecule has 2 amide bonds. The van der Waals surface area contributed by atoms with Gasteiger partial charge in [-0.1, -0.05) is 31.5 Å². The maximum absolute atomic E-state index is 12.2. The third-order valence-electron chi connectivity index (χ3n) is 3.75. The van der Waals surface area contributed by atoms with Gasteiger partial charge < -0.3 is 15.3 Å². The molecule has 5 heteroatoms. The van der Waals surface area contributed by atoms with Crippen LogP contribution in [0.3, 0.4) is 0 Å². The van der Waals surface area contributed by atoms with Crippen LogP contribution in [0, 0.1) is 5.92 Å². The van der Waals surface area contributed by atoms with Crippen molar-refractivity contribution in [2.24, 2.45) is 5.92 Å². The van der Waals surface area contributed by atoms with Crippen molar-refractivity contribution in [2.75, 3.05) is 18.4 Å². The molecule has 20 heavy (non-hydrogen) atoms. The Hall–Kier alpha value is -2.04. The highest BCUT2D eigenvalue weighted by molar-refractivity contribution is 5.91. The molecule has 2 N–H and O–H groups in total. The van der Waals surface area contributed by atoms with E-state index in [0.717, 1.165) is 25.9 Å². The van der Waals surface area contributed by atoms with Gasteiger partial charge in [-0.15, -0.1) is 0 Å². The predicted molar refractivity (Wildman–Crippen MR) is 76.8 cm³/mol. The summed E-state index contributed by atoms with van der Waals surface area (Å²) in [4.78, 5) is 24.8. The van der Waals surface area contributed by atoms with Gasteiger partial charge in [-0.3, -0.25) is 4.79 Å². The van der Waals surface area contributed by atoms with Gasteiger partial charge in [-0.2, -0.15) is 0 Å². The molecule has 1 aromatic carbocycles. The summed E-state index contributed by atoms with van der Waals surface area (Å²) in [5, 5.41) is 11.7. The van der Waals surface area contributed by atoms with Crippen molar-refractivity contribution < 1.29 is 14.7 Å². The van der Waals surface area contributed by atoms with Crippen LogP contribution in [-0.2, 0) is 11.2 Å². The van der Waals surface area contributed by atoms with Gasteiger partial charge in [0.05, 0.1) is 6.42 Å². The van der Waals surface area contributed by atoms with Crippen LogP contribution in [0.5, 0.6) is 0 Å². The van der Waals surface area contributed by atoms with Crippen LogP contribution in [0.15, 0.2) is 24.3 Å². The number of carbonyl (C=O) groups is 2. The Morgan fingerprint density at radius 2 is 2.15 bits per heavy atom. The number of rotatable bonds is 4. The zero-order chi connectivity index (χ0) is 14.5. The summed E-state index contributed by atoms with van der Waals surface area (Å²) >= 11 is 0. The molecule has 5 nitrogen and oxygen atoms in total. The number of urea groups is 1. The largest absolute Gasteiger partial charge is 0.481 e. The second kappa shape index (κ2) is 6.41. The number of carbonyl (C=O) groups excluding carboxylic acids is 1. The molecule has 0 radical (unpaired) electrons. The smallest absolute Gasteiger partial charge is 0.321 e. The van der Waals surface area contributed by atoms with E-state index in [2.05, 4.69) is 12.2 Å². The summed E-state index contributed by atoms with van der Waals surface area (Å²) in [6.07, 6.45) is 2.04. The average Bonchev–Trinajstić information content (AvgIpc) is 2.89. The fraction of sp³-hybridized carbons (Fsp3) is 0.467. The first-order valence-electron chi connectivity index (χ1n) is 6.95. The summed E-state index contributed by atoms with van der Waals surface area (Å²) < 4.78 is 0. The average molecular weight is 276 g/mol. The van der Waals surface area contributed by atoms with E-state index in [1.54, 1.807) is 29.2 Å². The summed E-state index contributed by atoms with van der Waals surface area (Å²) in [6, 6.07) is 6.89. The second-order valence-electron chi connectivity index (χ2n) is 5.17. The van der Waals surface area contributed by atoms with E-state index in [1.807, 2.05) is 0 Å². The SMILES string of the molecule is CCC1CCN(C(=O)Nc2ccccc2CC(=O)O)C1. The molecule has 1 aliphatic rings. The molecule has 0 bridgehead atoms. The van der Waals surface area contributed by atoms with Crippen molar-refractivity contribution in [1.29, 1.82) is 0 Å². The van der Waals surface area contributed by atoms with E-state index in [0.29, 0.717) is 17.2 Å². The molecular weight excluding hydrogens is 256 g/mol. The second-order valence-corrected chi connectivity index (χ2v) is 5.17. The normalized spacial score (nSPS) is 18.1. The number of nitrogens with zero attached hydrogens (tertiary/aromatic N) is 1. The van der Waals surface area contributed by atoms with Crippen molar-refractivity contribution in [3.63, 3.8) is 0 Å². The topological polar surface area (TPSA) is 69.6 Å². The van der Waals surface area contributed by atoms with Crippen molar-refractivity contribution in [1.82, 2.24) is 4.90 Å². The van der Waals surface area contributed by atoms with Gasteiger partial charge in [0.2, 0.25) is 0 Å². The molecule has 1 saturated heterocycles. The van der Waals surface area contributed by atoms with Gasteiger partial charge in [0.1, 0.15) is 0 Å². The Labute approximate surface area is 118 Å². The Kier molecular flexibility index (Phi) is 4.61. The molecule has 1 atom stereocenters. The molecule has 0 aliphatic carbocycles. The van der Waals surface area contributed by atoms with Crippen LogP contribution in [0.25, 0.3) is 0 Å². The van der Waals surface area contributed by atoms with E-state index in [-0.39, 0.29) is 12.5 Å². The van der Waals surface area contributed by atoms with Crippen LogP contribution in [0.1, 0.15) is 25.3 Å². The molecule has 1 heterocycles. The van der Waals surface area contributed by atoms with Crippen molar-refractivity contribution in [2.45, 2.75) is 26.2 Å². The highest BCUT2D eigenvalue weighted by atomic mass is 16.4. The number of carboxylic acid groups (broad SMARTS) is 1. The summed E-state index contributed by atoms with van der Waals surface area (Å²) in [5.74, 6) is -0.325.